The number of fused-ring (bicyclic) bond motifs is 1. The van der Waals surface area contributed by atoms with Crippen LogP contribution in [0.2, 0.25) is 0 Å². The summed E-state index contributed by atoms with van der Waals surface area (Å²) >= 11 is 0. The molecule has 1 N–H and O–H groups in total. The van der Waals surface area contributed by atoms with Gasteiger partial charge in [0, 0.05) is 29.3 Å². The van der Waals surface area contributed by atoms with Crippen LogP contribution in [0.4, 0.5) is 0 Å². The number of carbonyl (C=O) groups is 2. The summed E-state index contributed by atoms with van der Waals surface area (Å²) < 4.78 is 33.7. The maximum atomic E-state index is 14.5. The molecule has 8 rings (SSSR count). The molecule has 3 atom stereocenters. The first-order valence-electron chi connectivity index (χ1n) is 16.1. The molecule has 0 aliphatic carbocycles. The molecule has 242 valence electrons. The quantitative estimate of drug-likeness (QED) is 0.112. The monoisotopic (exact) mass is 659 g/mol. The summed E-state index contributed by atoms with van der Waals surface area (Å²) in [6.07, 6.45) is 5.33. The van der Waals surface area contributed by atoms with E-state index in [1.165, 1.54) is 5.56 Å². The number of likely N-dealkylation sites (tertiary alicyclic amines) is 1. The minimum Gasteiger partial charge on any atom is -0.361 e. The first-order chi connectivity index (χ1) is 23.5. The van der Waals surface area contributed by atoms with Gasteiger partial charge in [-0.2, -0.15) is 0 Å². The molecule has 10 heteroatoms. The fourth-order valence-corrected chi connectivity index (χ4v) is 8.30. The van der Waals surface area contributed by atoms with Gasteiger partial charge in [-0.25, -0.2) is 4.57 Å². The van der Waals surface area contributed by atoms with E-state index in [-0.39, 0.29) is 25.2 Å². The smallest absolute Gasteiger partial charge is 0.361 e. The summed E-state index contributed by atoms with van der Waals surface area (Å²) in [5.74, 6) is -2.27. The van der Waals surface area contributed by atoms with Crippen molar-refractivity contribution in [2.75, 3.05) is 6.73 Å². The Labute approximate surface area is 277 Å². The van der Waals surface area contributed by atoms with Gasteiger partial charge in [0.15, 0.2) is 0 Å². The van der Waals surface area contributed by atoms with E-state index in [4.69, 9.17) is 13.6 Å². The number of H-pyrrole nitrogens is 1. The number of phosphoric acid groups is 1. The van der Waals surface area contributed by atoms with Crippen molar-refractivity contribution in [3.05, 3.63) is 144 Å². The van der Waals surface area contributed by atoms with Crippen molar-refractivity contribution in [3.8, 4) is 0 Å². The number of aryl methyl sites for hydroxylation is 1. The summed E-state index contributed by atoms with van der Waals surface area (Å²) in [5, 5.41) is 1.98. The Bertz CT molecular complexity index is 2110. The molecule has 9 nitrogen and oxygen atoms in total. The molecule has 0 spiro atoms. The van der Waals surface area contributed by atoms with Gasteiger partial charge in [-0.15, -0.1) is 0 Å². The third-order valence-corrected chi connectivity index (χ3v) is 10.8. The van der Waals surface area contributed by atoms with Crippen LogP contribution < -0.4 is 0 Å². The molecule has 0 radical (unpaired) electrons. The van der Waals surface area contributed by atoms with E-state index in [0.29, 0.717) is 6.42 Å². The second-order valence-corrected chi connectivity index (χ2v) is 14.0. The Kier molecular flexibility index (Phi) is 8.06. The number of aromatic nitrogens is 2. The van der Waals surface area contributed by atoms with Gasteiger partial charge in [0.05, 0.1) is 30.6 Å². The van der Waals surface area contributed by atoms with Crippen LogP contribution in [0.15, 0.2) is 122 Å². The van der Waals surface area contributed by atoms with Gasteiger partial charge >= 0.3 is 7.82 Å². The SMILES string of the molecule is O=C1[C@H](c2c[nH]c3ccccc23)[C@@H](C2CCc3cccc4ccn2c34)C(=O)N1COP(=O)(OCc1ccccc1)OCc1ccccc1. The average Bonchev–Trinajstić information content (AvgIpc) is 3.82. The standard InChI is InChI=1S/C38H34N3O6P/c42-37-34(31-22-39-32-17-8-7-16-30(31)32)35(33-19-18-28-14-9-15-29-20-21-40(33)36(28)29)38(43)41(37)25-47-48(44,45-23-26-10-3-1-4-11-26)46-24-27-12-5-2-6-13-27/h1-17,20-22,33-35,39H,18-19,23-25H2/t33?,34-,35-/m1/s1. The molecule has 48 heavy (non-hydrogen) atoms. The van der Waals surface area contributed by atoms with Crippen molar-refractivity contribution >= 4 is 41.4 Å². The number of hydrogen-bond donors (Lipinski definition) is 1. The Hall–Kier alpha value is -4.79. The zero-order valence-corrected chi connectivity index (χ0v) is 27.0. The van der Waals surface area contributed by atoms with E-state index in [0.717, 1.165) is 49.8 Å². The molecule has 2 aliphatic heterocycles. The third kappa shape index (κ3) is 5.59. The highest BCUT2D eigenvalue weighted by Gasteiger charge is 2.53. The summed E-state index contributed by atoms with van der Waals surface area (Å²) in [5.41, 5.74) is 5.49. The second kappa shape index (κ2) is 12.7. The van der Waals surface area contributed by atoms with Gasteiger partial charge in [0.25, 0.3) is 0 Å². The molecule has 2 amide bonds. The maximum absolute atomic E-state index is 14.5. The number of phosphoric ester groups is 1. The molecule has 1 fully saturated rings. The second-order valence-electron chi connectivity index (χ2n) is 12.3. The fourth-order valence-electron chi connectivity index (χ4n) is 7.21. The van der Waals surface area contributed by atoms with Gasteiger partial charge in [-0.3, -0.25) is 28.1 Å². The molecule has 1 unspecified atom stereocenters. The normalized spacial score (nSPS) is 19.5. The number of rotatable bonds is 11. The van der Waals surface area contributed by atoms with Crippen LogP contribution in [0.5, 0.6) is 0 Å². The van der Waals surface area contributed by atoms with Crippen molar-refractivity contribution in [2.45, 2.75) is 38.0 Å². The van der Waals surface area contributed by atoms with Gasteiger partial charge in [-0.05, 0) is 52.6 Å². The highest BCUT2D eigenvalue weighted by molar-refractivity contribution is 7.48. The van der Waals surface area contributed by atoms with Crippen molar-refractivity contribution in [3.63, 3.8) is 0 Å². The number of hydrogen-bond acceptors (Lipinski definition) is 6. The summed E-state index contributed by atoms with van der Waals surface area (Å²) in [4.78, 5) is 33.3. The van der Waals surface area contributed by atoms with Crippen LogP contribution in [0.3, 0.4) is 0 Å². The van der Waals surface area contributed by atoms with Crippen molar-refractivity contribution < 1.29 is 27.7 Å². The molecular formula is C38H34N3O6P. The van der Waals surface area contributed by atoms with Gasteiger partial charge in [-0.1, -0.05) is 97.1 Å². The van der Waals surface area contributed by atoms with Crippen LogP contribution in [-0.2, 0) is 47.4 Å². The number of imide groups is 1. The van der Waals surface area contributed by atoms with Crippen LogP contribution in [0, 0.1) is 5.92 Å². The predicted octanol–water partition coefficient (Wildman–Crippen LogP) is 7.89. The highest BCUT2D eigenvalue weighted by Crippen LogP contribution is 2.53. The molecule has 6 aromatic rings. The van der Waals surface area contributed by atoms with Crippen LogP contribution >= 0.6 is 7.82 Å². The third-order valence-electron chi connectivity index (χ3n) is 9.51. The fraction of sp³-hybridized carbons (Fsp3) is 0.211. The van der Waals surface area contributed by atoms with E-state index in [1.54, 1.807) is 0 Å². The van der Waals surface area contributed by atoms with Crippen LogP contribution in [-0.4, -0.2) is 33.0 Å². The number of benzene rings is 4. The molecular weight excluding hydrogens is 625 g/mol. The highest BCUT2D eigenvalue weighted by atomic mass is 31.2. The molecule has 1 saturated heterocycles. The van der Waals surface area contributed by atoms with Crippen molar-refractivity contribution in [1.29, 1.82) is 0 Å². The van der Waals surface area contributed by atoms with E-state index in [2.05, 4.69) is 33.8 Å². The number of carbonyl (C=O) groups excluding carboxylic acids is 2. The van der Waals surface area contributed by atoms with Gasteiger partial charge < -0.3 is 9.55 Å². The summed E-state index contributed by atoms with van der Waals surface area (Å²) in [6.45, 7) is -0.653. The largest absolute Gasteiger partial charge is 0.477 e. The Morgan fingerprint density at radius 2 is 1.44 bits per heavy atom. The van der Waals surface area contributed by atoms with E-state index >= 15 is 0 Å². The lowest BCUT2D eigenvalue weighted by Gasteiger charge is -2.31. The van der Waals surface area contributed by atoms with E-state index < -0.39 is 32.3 Å². The number of para-hydroxylation sites is 2. The zero-order valence-electron chi connectivity index (χ0n) is 26.1. The van der Waals surface area contributed by atoms with Crippen molar-refractivity contribution in [1.82, 2.24) is 14.5 Å². The minimum atomic E-state index is -4.25. The van der Waals surface area contributed by atoms with Crippen LogP contribution in [0.1, 0.15) is 40.6 Å². The summed E-state index contributed by atoms with van der Waals surface area (Å²) in [7, 11) is -4.25. The number of nitrogens with one attached hydrogen (secondary N) is 1. The lowest BCUT2D eigenvalue weighted by Crippen LogP contribution is -2.35. The molecule has 2 aromatic heterocycles. The number of nitrogens with zero attached hydrogens (tertiary/aromatic N) is 2. The number of aromatic amines is 1. The first kappa shape index (κ1) is 30.5. The molecule has 4 aromatic carbocycles. The summed E-state index contributed by atoms with van der Waals surface area (Å²) in [6, 6.07) is 34.3. The maximum Gasteiger partial charge on any atom is 0.477 e. The molecule has 2 aliphatic rings. The van der Waals surface area contributed by atoms with Gasteiger partial charge in [0.1, 0.15) is 6.73 Å². The lowest BCUT2D eigenvalue weighted by molar-refractivity contribution is -0.143. The minimum absolute atomic E-state index is 0.0412. The Morgan fingerprint density at radius 3 is 2.17 bits per heavy atom. The topological polar surface area (TPSA) is 103 Å². The predicted molar refractivity (Wildman–Crippen MR) is 182 cm³/mol. The van der Waals surface area contributed by atoms with Gasteiger partial charge in [0.2, 0.25) is 11.8 Å². The van der Waals surface area contributed by atoms with E-state index in [9.17, 15) is 14.2 Å². The first-order valence-corrected chi connectivity index (χ1v) is 17.6. The van der Waals surface area contributed by atoms with Crippen molar-refractivity contribution in [2.24, 2.45) is 5.92 Å². The Morgan fingerprint density at radius 1 is 0.750 bits per heavy atom. The zero-order chi connectivity index (χ0) is 32.7. The van der Waals surface area contributed by atoms with Crippen LogP contribution in [0.25, 0.3) is 21.8 Å². The number of amides is 2. The lowest BCUT2D eigenvalue weighted by atomic mass is 9.79. The molecule has 0 bridgehead atoms. The van der Waals surface area contributed by atoms with E-state index in [1.807, 2.05) is 97.3 Å². The molecule has 0 saturated carbocycles. The Balaban J connectivity index is 1.12. The molecule has 4 heterocycles. The average molecular weight is 660 g/mol.